The van der Waals surface area contributed by atoms with Crippen LogP contribution in [0.25, 0.3) is 0 Å². The van der Waals surface area contributed by atoms with Gasteiger partial charge in [0.05, 0.1) is 18.9 Å². The molecule has 0 aliphatic heterocycles. The van der Waals surface area contributed by atoms with E-state index in [2.05, 4.69) is 11.4 Å². The molecule has 4 nitrogen and oxygen atoms in total. The van der Waals surface area contributed by atoms with E-state index in [9.17, 15) is 4.79 Å². The number of carbonyl (C=O) groups excluding carboxylic acids is 1. The summed E-state index contributed by atoms with van der Waals surface area (Å²) < 4.78 is 5.08. The Morgan fingerprint density at radius 3 is 2.50 bits per heavy atom. The zero-order chi connectivity index (χ0) is 15.2. The highest BCUT2D eigenvalue weighted by atomic mass is 32.2. The van der Waals surface area contributed by atoms with Crippen molar-refractivity contribution < 1.29 is 9.53 Å². The van der Waals surface area contributed by atoms with Gasteiger partial charge in [-0.25, -0.2) is 0 Å². The van der Waals surface area contributed by atoms with E-state index in [1.54, 1.807) is 14.0 Å². The average Bonchev–Trinajstić information content (AvgIpc) is 2.45. The number of nitrogens with one attached hydrogen (secondary N) is 1. The molecule has 0 bridgehead atoms. The molecule has 108 valence electrons. The van der Waals surface area contributed by atoms with E-state index < -0.39 is 5.54 Å². The lowest BCUT2D eigenvalue weighted by Gasteiger charge is -2.27. The zero-order valence-electron chi connectivity index (χ0n) is 12.3. The maximum absolute atomic E-state index is 11.9. The third-order valence-electron chi connectivity index (χ3n) is 3.22. The standard InChI is InChI=1S/C15H20N2O2S/c1-11(2)15(3,10-16)17-14(18)9-20-13-7-5-12(19-4)6-8-13/h5-8,11H,9H2,1-4H3,(H,17,18)/t15-/m1/s1. The van der Waals surface area contributed by atoms with E-state index in [0.717, 1.165) is 10.6 Å². The number of carbonyl (C=O) groups is 1. The van der Waals surface area contributed by atoms with Gasteiger partial charge in [0, 0.05) is 4.90 Å². The average molecular weight is 292 g/mol. The summed E-state index contributed by atoms with van der Waals surface area (Å²) in [4.78, 5) is 12.9. The first-order valence-corrected chi connectivity index (χ1v) is 7.39. The molecule has 1 aromatic carbocycles. The molecule has 1 atom stereocenters. The van der Waals surface area contributed by atoms with Crippen LogP contribution in [-0.4, -0.2) is 24.3 Å². The zero-order valence-corrected chi connectivity index (χ0v) is 13.1. The van der Waals surface area contributed by atoms with Crippen molar-refractivity contribution in [2.75, 3.05) is 12.9 Å². The molecule has 0 aromatic heterocycles. The second kappa shape index (κ2) is 7.20. The Labute approximate surface area is 124 Å². The Morgan fingerprint density at radius 2 is 2.05 bits per heavy atom. The smallest absolute Gasteiger partial charge is 0.231 e. The molecule has 0 unspecified atom stereocenters. The fraction of sp³-hybridized carbons (Fsp3) is 0.467. The Hall–Kier alpha value is -1.67. The van der Waals surface area contributed by atoms with Gasteiger partial charge < -0.3 is 10.1 Å². The number of benzene rings is 1. The third-order valence-corrected chi connectivity index (χ3v) is 4.23. The Kier molecular flexibility index (Phi) is 5.90. The lowest BCUT2D eigenvalue weighted by Crippen LogP contribution is -2.49. The number of hydrogen-bond acceptors (Lipinski definition) is 4. The molecule has 0 spiro atoms. The molecule has 20 heavy (non-hydrogen) atoms. The van der Waals surface area contributed by atoms with E-state index in [-0.39, 0.29) is 17.6 Å². The molecule has 0 fully saturated rings. The predicted octanol–water partition coefficient (Wildman–Crippen LogP) is 2.84. The lowest BCUT2D eigenvalue weighted by molar-refractivity contribution is -0.120. The number of rotatable bonds is 6. The number of ether oxygens (including phenoxy) is 1. The largest absolute Gasteiger partial charge is 0.497 e. The summed E-state index contributed by atoms with van der Waals surface area (Å²) in [6.45, 7) is 5.58. The predicted molar refractivity (Wildman–Crippen MR) is 80.7 cm³/mol. The molecule has 1 rings (SSSR count). The Morgan fingerprint density at radius 1 is 1.45 bits per heavy atom. The van der Waals surface area contributed by atoms with Crippen LogP contribution >= 0.6 is 11.8 Å². The SMILES string of the molecule is COc1ccc(SCC(=O)N[C@](C)(C#N)C(C)C)cc1. The van der Waals surface area contributed by atoms with Crippen LogP contribution in [-0.2, 0) is 4.79 Å². The van der Waals surface area contributed by atoms with Gasteiger partial charge in [0.1, 0.15) is 11.3 Å². The van der Waals surface area contributed by atoms with Crippen LogP contribution in [0.2, 0.25) is 0 Å². The van der Waals surface area contributed by atoms with Crippen LogP contribution in [0.3, 0.4) is 0 Å². The molecule has 0 aliphatic carbocycles. The second-order valence-corrected chi connectivity index (χ2v) is 6.03. The number of methoxy groups -OCH3 is 1. The molecule has 1 aromatic rings. The van der Waals surface area contributed by atoms with Gasteiger partial charge in [0.25, 0.3) is 0 Å². The van der Waals surface area contributed by atoms with Gasteiger partial charge in [0.15, 0.2) is 0 Å². The van der Waals surface area contributed by atoms with Crippen LogP contribution in [0.4, 0.5) is 0 Å². The summed E-state index contributed by atoms with van der Waals surface area (Å²) in [6, 6.07) is 9.69. The minimum atomic E-state index is -0.822. The third kappa shape index (κ3) is 4.46. The van der Waals surface area contributed by atoms with Crippen LogP contribution in [0.5, 0.6) is 5.75 Å². The highest BCUT2D eigenvalue weighted by Gasteiger charge is 2.29. The summed E-state index contributed by atoms with van der Waals surface area (Å²) in [6.07, 6.45) is 0. The molecular formula is C15H20N2O2S. The fourth-order valence-corrected chi connectivity index (χ4v) is 2.15. The topological polar surface area (TPSA) is 62.1 Å². The molecule has 1 N–H and O–H groups in total. The van der Waals surface area contributed by atoms with Gasteiger partial charge in [-0.2, -0.15) is 5.26 Å². The quantitative estimate of drug-likeness (QED) is 0.819. The highest BCUT2D eigenvalue weighted by molar-refractivity contribution is 8.00. The van der Waals surface area contributed by atoms with E-state index in [0.29, 0.717) is 0 Å². The van der Waals surface area contributed by atoms with Gasteiger partial charge in [-0.15, -0.1) is 11.8 Å². The molecule has 0 radical (unpaired) electrons. The van der Waals surface area contributed by atoms with Crippen molar-refractivity contribution in [3.8, 4) is 11.8 Å². The van der Waals surface area contributed by atoms with E-state index in [1.807, 2.05) is 38.1 Å². The first-order chi connectivity index (χ1) is 9.41. The van der Waals surface area contributed by atoms with Crippen molar-refractivity contribution in [3.05, 3.63) is 24.3 Å². The van der Waals surface area contributed by atoms with E-state index in [1.165, 1.54) is 11.8 Å². The van der Waals surface area contributed by atoms with Crippen LogP contribution in [0.1, 0.15) is 20.8 Å². The second-order valence-electron chi connectivity index (χ2n) is 4.98. The lowest BCUT2D eigenvalue weighted by atomic mass is 9.90. The van der Waals surface area contributed by atoms with Crippen molar-refractivity contribution >= 4 is 17.7 Å². The number of hydrogen-bond donors (Lipinski definition) is 1. The first-order valence-electron chi connectivity index (χ1n) is 6.40. The molecule has 0 aliphatic rings. The summed E-state index contributed by atoms with van der Waals surface area (Å²) in [5.74, 6) is 0.998. The minimum absolute atomic E-state index is 0.0578. The summed E-state index contributed by atoms with van der Waals surface area (Å²) in [5.41, 5.74) is -0.822. The van der Waals surface area contributed by atoms with Crippen molar-refractivity contribution in [3.63, 3.8) is 0 Å². The van der Waals surface area contributed by atoms with E-state index >= 15 is 0 Å². The summed E-state index contributed by atoms with van der Waals surface area (Å²) in [5, 5.41) is 12.0. The molecule has 0 heterocycles. The summed E-state index contributed by atoms with van der Waals surface area (Å²) in [7, 11) is 1.62. The van der Waals surface area contributed by atoms with Crippen LogP contribution in [0, 0.1) is 17.2 Å². The van der Waals surface area contributed by atoms with Crippen molar-refractivity contribution in [1.29, 1.82) is 5.26 Å². The number of thioether (sulfide) groups is 1. The highest BCUT2D eigenvalue weighted by Crippen LogP contribution is 2.22. The first kappa shape index (κ1) is 16.4. The number of nitriles is 1. The molecule has 5 heteroatoms. The van der Waals surface area contributed by atoms with Crippen LogP contribution < -0.4 is 10.1 Å². The normalized spacial score (nSPS) is 13.4. The molecule has 0 saturated carbocycles. The Bertz CT molecular complexity index is 494. The van der Waals surface area contributed by atoms with Gasteiger partial charge in [-0.1, -0.05) is 13.8 Å². The van der Waals surface area contributed by atoms with Crippen molar-refractivity contribution in [2.45, 2.75) is 31.2 Å². The fourth-order valence-electron chi connectivity index (χ4n) is 1.45. The number of nitrogens with zero attached hydrogens (tertiary/aromatic N) is 1. The van der Waals surface area contributed by atoms with Crippen LogP contribution in [0.15, 0.2) is 29.2 Å². The monoisotopic (exact) mass is 292 g/mol. The summed E-state index contributed by atoms with van der Waals surface area (Å²) >= 11 is 1.43. The van der Waals surface area contributed by atoms with Gasteiger partial charge in [-0.3, -0.25) is 4.79 Å². The molecule has 0 saturated heterocycles. The van der Waals surface area contributed by atoms with Gasteiger partial charge in [-0.05, 0) is 37.1 Å². The number of amides is 1. The van der Waals surface area contributed by atoms with Gasteiger partial charge in [0.2, 0.25) is 5.91 Å². The maximum atomic E-state index is 11.9. The molecule has 1 amide bonds. The van der Waals surface area contributed by atoms with Gasteiger partial charge >= 0.3 is 0 Å². The molecular weight excluding hydrogens is 272 g/mol. The minimum Gasteiger partial charge on any atom is -0.497 e. The Balaban J connectivity index is 2.53. The van der Waals surface area contributed by atoms with Crippen molar-refractivity contribution in [1.82, 2.24) is 5.32 Å². The van der Waals surface area contributed by atoms with E-state index in [4.69, 9.17) is 10.00 Å². The van der Waals surface area contributed by atoms with Crippen molar-refractivity contribution in [2.24, 2.45) is 5.92 Å². The maximum Gasteiger partial charge on any atom is 0.231 e.